The molecule has 0 spiro atoms. The lowest BCUT2D eigenvalue weighted by Crippen LogP contribution is -2.04. The van der Waals surface area contributed by atoms with Gasteiger partial charge in [-0.1, -0.05) is 18.5 Å². The Kier molecular flexibility index (Phi) is 2.25. The maximum Gasteiger partial charge on any atom is 0.346 e. The van der Waals surface area contributed by atoms with Crippen LogP contribution in [0.4, 0.5) is 0 Å². The summed E-state index contributed by atoms with van der Waals surface area (Å²) in [6.07, 6.45) is 0.595. The first-order valence-electron chi connectivity index (χ1n) is 4.30. The van der Waals surface area contributed by atoms with Gasteiger partial charge in [0, 0.05) is 11.4 Å². The summed E-state index contributed by atoms with van der Waals surface area (Å²) >= 11 is 5.79. The summed E-state index contributed by atoms with van der Waals surface area (Å²) < 4.78 is 4.97. The molecule has 0 bridgehead atoms. The van der Waals surface area contributed by atoms with Crippen LogP contribution in [0.5, 0.6) is 0 Å². The van der Waals surface area contributed by atoms with Crippen molar-refractivity contribution >= 4 is 22.5 Å². The molecule has 0 fully saturated rings. The molecule has 1 aromatic heterocycles. The van der Waals surface area contributed by atoms with Gasteiger partial charge in [-0.05, 0) is 18.2 Å². The zero-order chi connectivity index (χ0) is 10.1. The highest BCUT2D eigenvalue weighted by Gasteiger charge is 2.04. The molecule has 14 heavy (non-hydrogen) atoms. The maximum atomic E-state index is 11.4. The third-order valence-electron chi connectivity index (χ3n) is 1.94. The Bertz CT molecular complexity index is 533. The average Bonchev–Trinajstić information content (AvgIpc) is 2.16. The number of aryl methyl sites for hydroxylation is 1. The fourth-order valence-corrected chi connectivity index (χ4v) is 1.41. The van der Waals surface area contributed by atoms with Crippen molar-refractivity contribution in [3.8, 4) is 0 Å². The van der Waals surface area contributed by atoms with Crippen molar-refractivity contribution in [1.29, 1.82) is 0 Å². The van der Waals surface area contributed by atoms with Crippen LogP contribution in [0.25, 0.3) is 10.9 Å². The van der Waals surface area contributed by atoms with E-state index < -0.39 is 0 Å². The highest BCUT2D eigenvalue weighted by Crippen LogP contribution is 2.15. The van der Waals surface area contributed by atoms with Crippen LogP contribution in [-0.4, -0.2) is 4.98 Å². The molecule has 0 aliphatic carbocycles. The summed E-state index contributed by atoms with van der Waals surface area (Å²) in [5.41, 5.74) is 0.231. The van der Waals surface area contributed by atoms with Crippen LogP contribution in [0.15, 0.2) is 27.4 Å². The SMILES string of the molecule is CCc1nc2cc(Cl)ccc2c(=O)o1. The first kappa shape index (κ1) is 9.21. The zero-order valence-corrected chi connectivity index (χ0v) is 8.34. The normalized spacial score (nSPS) is 10.7. The van der Waals surface area contributed by atoms with Gasteiger partial charge in [-0.15, -0.1) is 0 Å². The van der Waals surface area contributed by atoms with Crippen molar-refractivity contribution in [2.24, 2.45) is 0 Å². The Morgan fingerprint density at radius 3 is 3.00 bits per heavy atom. The van der Waals surface area contributed by atoms with E-state index in [1.54, 1.807) is 18.2 Å². The van der Waals surface area contributed by atoms with Crippen LogP contribution in [-0.2, 0) is 6.42 Å². The van der Waals surface area contributed by atoms with E-state index >= 15 is 0 Å². The van der Waals surface area contributed by atoms with E-state index in [0.717, 1.165) is 0 Å². The molecular formula is C10H8ClNO2. The standard InChI is InChI=1S/C10H8ClNO2/c1-2-9-12-8-5-6(11)3-4-7(8)10(13)14-9/h3-5H,2H2,1H3. The molecule has 2 rings (SSSR count). The smallest absolute Gasteiger partial charge is 0.346 e. The van der Waals surface area contributed by atoms with Gasteiger partial charge in [0.2, 0.25) is 0 Å². The van der Waals surface area contributed by atoms with E-state index in [9.17, 15) is 4.79 Å². The van der Waals surface area contributed by atoms with Crippen LogP contribution in [0, 0.1) is 0 Å². The summed E-state index contributed by atoms with van der Waals surface area (Å²) in [7, 11) is 0. The second-order valence-corrected chi connectivity index (χ2v) is 3.35. The van der Waals surface area contributed by atoms with Crippen LogP contribution >= 0.6 is 11.6 Å². The molecular weight excluding hydrogens is 202 g/mol. The van der Waals surface area contributed by atoms with Crippen LogP contribution < -0.4 is 5.63 Å². The number of halogens is 1. The van der Waals surface area contributed by atoms with E-state index in [4.69, 9.17) is 16.0 Å². The molecule has 0 unspecified atom stereocenters. The number of aromatic nitrogens is 1. The largest absolute Gasteiger partial charge is 0.408 e. The number of fused-ring (bicyclic) bond motifs is 1. The summed E-state index contributed by atoms with van der Waals surface area (Å²) in [6.45, 7) is 1.88. The average molecular weight is 210 g/mol. The molecule has 0 amide bonds. The van der Waals surface area contributed by atoms with E-state index in [-0.39, 0.29) is 5.63 Å². The number of hydrogen-bond donors (Lipinski definition) is 0. The third kappa shape index (κ3) is 1.51. The Labute approximate surface area is 85.3 Å². The quantitative estimate of drug-likeness (QED) is 0.725. The molecule has 0 aliphatic heterocycles. The van der Waals surface area contributed by atoms with Gasteiger partial charge in [-0.2, -0.15) is 0 Å². The molecule has 3 nitrogen and oxygen atoms in total. The second-order valence-electron chi connectivity index (χ2n) is 2.91. The molecule has 1 aromatic carbocycles. The number of benzene rings is 1. The van der Waals surface area contributed by atoms with Crippen molar-refractivity contribution in [3.05, 3.63) is 39.5 Å². The Morgan fingerprint density at radius 1 is 1.50 bits per heavy atom. The first-order valence-corrected chi connectivity index (χ1v) is 4.68. The fraction of sp³-hybridized carbons (Fsp3) is 0.200. The molecule has 4 heteroatoms. The molecule has 72 valence electrons. The van der Waals surface area contributed by atoms with Crippen molar-refractivity contribution in [3.63, 3.8) is 0 Å². The minimum Gasteiger partial charge on any atom is -0.408 e. The fourth-order valence-electron chi connectivity index (χ4n) is 1.24. The molecule has 0 aliphatic rings. The third-order valence-corrected chi connectivity index (χ3v) is 2.17. The monoisotopic (exact) mass is 209 g/mol. The topological polar surface area (TPSA) is 43.1 Å². The Balaban J connectivity index is 2.84. The summed E-state index contributed by atoms with van der Waals surface area (Å²) in [5.74, 6) is 0.435. The lowest BCUT2D eigenvalue weighted by atomic mass is 10.2. The van der Waals surface area contributed by atoms with Crippen LogP contribution in [0.2, 0.25) is 5.02 Å². The molecule has 0 radical (unpaired) electrons. The van der Waals surface area contributed by atoms with Gasteiger partial charge in [0.25, 0.3) is 0 Å². The van der Waals surface area contributed by atoms with Crippen LogP contribution in [0.1, 0.15) is 12.8 Å². The van der Waals surface area contributed by atoms with Crippen molar-refractivity contribution in [1.82, 2.24) is 4.98 Å². The van der Waals surface area contributed by atoms with Crippen molar-refractivity contribution in [2.75, 3.05) is 0 Å². The predicted molar refractivity (Wildman–Crippen MR) is 54.7 cm³/mol. The van der Waals surface area contributed by atoms with E-state index in [2.05, 4.69) is 4.98 Å². The van der Waals surface area contributed by atoms with Gasteiger partial charge in [0.15, 0.2) is 5.89 Å². The molecule has 1 heterocycles. The second kappa shape index (κ2) is 3.42. The number of rotatable bonds is 1. The lowest BCUT2D eigenvalue weighted by Gasteiger charge is -1.98. The van der Waals surface area contributed by atoms with Gasteiger partial charge in [0.05, 0.1) is 10.9 Å². The zero-order valence-electron chi connectivity index (χ0n) is 7.58. The molecule has 0 atom stereocenters. The van der Waals surface area contributed by atoms with E-state index in [1.165, 1.54) is 0 Å². The summed E-state index contributed by atoms with van der Waals surface area (Å²) in [5, 5.41) is 1.03. The van der Waals surface area contributed by atoms with Crippen molar-refractivity contribution in [2.45, 2.75) is 13.3 Å². The minimum absolute atomic E-state index is 0.358. The Morgan fingerprint density at radius 2 is 2.29 bits per heavy atom. The van der Waals surface area contributed by atoms with Gasteiger partial charge in [-0.3, -0.25) is 0 Å². The minimum atomic E-state index is -0.358. The van der Waals surface area contributed by atoms with Crippen molar-refractivity contribution < 1.29 is 4.42 Å². The maximum absolute atomic E-state index is 11.4. The highest BCUT2D eigenvalue weighted by molar-refractivity contribution is 6.31. The van der Waals surface area contributed by atoms with Gasteiger partial charge in [0.1, 0.15) is 0 Å². The van der Waals surface area contributed by atoms with Gasteiger partial charge < -0.3 is 4.42 Å². The van der Waals surface area contributed by atoms with E-state index in [1.807, 2.05) is 6.92 Å². The predicted octanol–water partition coefficient (Wildman–Crippen LogP) is 2.40. The van der Waals surface area contributed by atoms with E-state index in [0.29, 0.717) is 28.2 Å². The van der Waals surface area contributed by atoms with Gasteiger partial charge >= 0.3 is 5.63 Å². The lowest BCUT2D eigenvalue weighted by molar-refractivity contribution is 0.450. The molecule has 0 saturated heterocycles. The summed E-state index contributed by atoms with van der Waals surface area (Å²) in [4.78, 5) is 15.6. The highest BCUT2D eigenvalue weighted by atomic mass is 35.5. The van der Waals surface area contributed by atoms with Gasteiger partial charge in [-0.25, -0.2) is 9.78 Å². The number of nitrogens with zero attached hydrogens (tertiary/aromatic N) is 1. The molecule has 2 aromatic rings. The van der Waals surface area contributed by atoms with Crippen LogP contribution in [0.3, 0.4) is 0 Å². The first-order chi connectivity index (χ1) is 6.70. The molecule has 0 saturated carbocycles. The summed E-state index contributed by atoms with van der Waals surface area (Å²) in [6, 6.07) is 4.93. The molecule has 0 N–H and O–H groups in total. The number of hydrogen-bond acceptors (Lipinski definition) is 3. The Hall–Kier alpha value is -1.35.